The van der Waals surface area contributed by atoms with Gasteiger partial charge in [-0.1, -0.05) is 30.3 Å². The molecule has 0 saturated carbocycles. The molecule has 8 heteroatoms. The molecular formula is C19H23N2O6-. The monoisotopic (exact) mass is 375 g/mol. The molecular weight excluding hydrogens is 352 g/mol. The number of carbonyl (C=O) groups excluding carboxylic acids is 4. The van der Waals surface area contributed by atoms with Crippen molar-refractivity contribution in [2.75, 3.05) is 6.54 Å². The minimum atomic E-state index is -1.48. The number of carbonyl (C=O) groups is 4. The van der Waals surface area contributed by atoms with Gasteiger partial charge in [0.15, 0.2) is 0 Å². The molecule has 0 aromatic heterocycles. The van der Waals surface area contributed by atoms with Crippen LogP contribution in [0, 0.1) is 0 Å². The van der Waals surface area contributed by atoms with E-state index < -0.39 is 42.0 Å². The molecule has 2 rings (SSSR count). The van der Waals surface area contributed by atoms with Crippen molar-refractivity contribution < 1.29 is 29.0 Å². The molecule has 0 aliphatic carbocycles. The quantitative estimate of drug-likeness (QED) is 0.749. The van der Waals surface area contributed by atoms with E-state index in [0.717, 1.165) is 5.56 Å². The lowest BCUT2D eigenvalue weighted by atomic mass is 10.1. The van der Waals surface area contributed by atoms with Crippen LogP contribution in [0.25, 0.3) is 0 Å². The first-order valence-electron chi connectivity index (χ1n) is 8.65. The number of hydrogen-bond acceptors (Lipinski definition) is 6. The van der Waals surface area contributed by atoms with Gasteiger partial charge in [0.05, 0.1) is 12.0 Å². The summed E-state index contributed by atoms with van der Waals surface area (Å²) in [4.78, 5) is 50.1. The Kier molecular flexibility index (Phi) is 6.20. The van der Waals surface area contributed by atoms with Gasteiger partial charge in [0.2, 0.25) is 11.8 Å². The van der Waals surface area contributed by atoms with Crippen LogP contribution >= 0.6 is 0 Å². The zero-order chi connectivity index (χ0) is 20.2. The van der Waals surface area contributed by atoms with Crippen LogP contribution in [0.1, 0.15) is 39.2 Å². The number of carboxylic acid groups (broad SMARTS) is 1. The van der Waals surface area contributed by atoms with Crippen molar-refractivity contribution in [2.45, 2.75) is 51.8 Å². The van der Waals surface area contributed by atoms with E-state index in [-0.39, 0.29) is 19.4 Å². The number of aliphatic carboxylic acids is 1. The van der Waals surface area contributed by atoms with Crippen LogP contribution in [0.5, 0.6) is 0 Å². The molecule has 0 spiro atoms. The topological polar surface area (TPSA) is 107 Å². The van der Waals surface area contributed by atoms with Crippen molar-refractivity contribution in [3.63, 3.8) is 0 Å². The van der Waals surface area contributed by atoms with Gasteiger partial charge in [-0.3, -0.25) is 19.4 Å². The fraction of sp³-hybridized carbons (Fsp3) is 0.474. The molecule has 1 aliphatic heterocycles. The summed E-state index contributed by atoms with van der Waals surface area (Å²) in [6.07, 6.45) is -0.754. The summed E-state index contributed by atoms with van der Waals surface area (Å²) < 4.78 is 5.28. The van der Waals surface area contributed by atoms with Crippen LogP contribution in [0.3, 0.4) is 0 Å². The summed E-state index contributed by atoms with van der Waals surface area (Å²) >= 11 is 0. The van der Waals surface area contributed by atoms with Crippen LogP contribution in [0.15, 0.2) is 30.3 Å². The van der Waals surface area contributed by atoms with Crippen LogP contribution in [0.2, 0.25) is 0 Å². The summed E-state index contributed by atoms with van der Waals surface area (Å²) in [5.41, 5.74) is 0.0150. The van der Waals surface area contributed by atoms with E-state index in [2.05, 4.69) is 0 Å². The molecule has 0 unspecified atom stereocenters. The second-order valence-corrected chi connectivity index (χ2v) is 7.33. The van der Waals surface area contributed by atoms with Crippen molar-refractivity contribution in [1.29, 1.82) is 0 Å². The number of rotatable bonds is 5. The van der Waals surface area contributed by atoms with Crippen molar-refractivity contribution in [3.05, 3.63) is 35.9 Å². The summed E-state index contributed by atoms with van der Waals surface area (Å²) in [5.74, 6) is -2.83. The van der Waals surface area contributed by atoms with Crippen LogP contribution in [-0.2, 0) is 25.7 Å². The predicted molar refractivity (Wildman–Crippen MR) is 93.0 cm³/mol. The van der Waals surface area contributed by atoms with E-state index in [9.17, 15) is 24.3 Å². The number of nitrogens with zero attached hydrogens (tertiary/aromatic N) is 2. The Hall–Kier alpha value is -2.90. The number of amides is 3. The molecule has 3 amide bonds. The third kappa shape index (κ3) is 5.06. The van der Waals surface area contributed by atoms with Gasteiger partial charge < -0.3 is 14.6 Å². The van der Waals surface area contributed by atoms with Crippen molar-refractivity contribution in [3.8, 4) is 0 Å². The highest BCUT2D eigenvalue weighted by Gasteiger charge is 2.39. The normalized spacial score (nSPS) is 16.9. The number of benzene rings is 1. The zero-order valence-corrected chi connectivity index (χ0v) is 15.6. The molecule has 8 nitrogen and oxygen atoms in total. The van der Waals surface area contributed by atoms with Crippen molar-refractivity contribution >= 4 is 23.9 Å². The van der Waals surface area contributed by atoms with E-state index >= 15 is 0 Å². The lowest BCUT2D eigenvalue weighted by Gasteiger charge is -2.35. The average molecular weight is 375 g/mol. The van der Waals surface area contributed by atoms with Crippen molar-refractivity contribution in [1.82, 2.24) is 9.80 Å². The molecule has 1 fully saturated rings. The Labute approximate surface area is 157 Å². The van der Waals surface area contributed by atoms with E-state index in [1.807, 2.05) is 18.2 Å². The standard InChI is InChI=1S/C19H24N2O6/c1-19(2,3)20(18(26)27-12-13-7-5-4-6-8-13)11-16(23)21-14(17(24)25)9-10-15(21)22/h4-8,14H,9-12H2,1-3H3,(H,24,25)/p-1/t14-/m0/s1. The Bertz CT molecular complexity index is 725. The van der Waals surface area contributed by atoms with E-state index in [0.29, 0.717) is 4.90 Å². The molecule has 1 aliphatic rings. The number of imide groups is 1. The Balaban J connectivity index is 2.09. The summed E-state index contributed by atoms with van der Waals surface area (Å²) in [7, 11) is 0. The highest BCUT2D eigenvalue weighted by molar-refractivity contribution is 6.02. The molecule has 0 bridgehead atoms. The first-order valence-corrected chi connectivity index (χ1v) is 8.65. The SMILES string of the molecule is CC(C)(C)N(CC(=O)N1C(=O)CC[C@H]1C(=O)[O-])C(=O)OCc1ccccc1. The molecule has 1 aromatic carbocycles. The average Bonchev–Trinajstić information content (AvgIpc) is 2.99. The number of ether oxygens (including phenoxy) is 1. The molecule has 1 saturated heterocycles. The highest BCUT2D eigenvalue weighted by atomic mass is 16.6. The van der Waals surface area contributed by atoms with E-state index in [4.69, 9.17) is 4.74 Å². The van der Waals surface area contributed by atoms with Gasteiger partial charge in [-0.05, 0) is 32.8 Å². The highest BCUT2D eigenvalue weighted by Crippen LogP contribution is 2.21. The molecule has 27 heavy (non-hydrogen) atoms. The fourth-order valence-corrected chi connectivity index (χ4v) is 2.80. The molecule has 1 aromatic rings. The van der Waals surface area contributed by atoms with E-state index in [1.165, 1.54) is 4.90 Å². The third-order valence-corrected chi connectivity index (χ3v) is 4.28. The van der Waals surface area contributed by atoms with E-state index in [1.54, 1.807) is 32.9 Å². The maximum absolute atomic E-state index is 12.6. The lowest BCUT2D eigenvalue weighted by molar-refractivity contribution is -0.310. The Morgan fingerprint density at radius 3 is 2.41 bits per heavy atom. The van der Waals surface area contributed by atoms with Gasteiger partial charge in [-0.15, -0.1) is 0 Å². The van der Waals surface area contributed by atoms with Crippen LogP contribution in [0.4, 0.5) is 4.79 Å². The Morgan fingerprint density at radius 1 is 1.22 bits per heavy atom. The van der Waals surface area contributed by atoms with Gasteiger partial charge in [-0.2, -0.15) is 0 Å². The first kappa shape index (κ1) is 20.4. The van der Waals surface area contributed by atoms with Crippen LogP contribution in [-0.4, -0.2) is 51.8 Å². The molecule has 146 valence electrons. The van der Waals surface area contributed by atoms with Gasteiger partial charge in [0.1, 0.15) is 13.2 Å². The number of carboxylic acids is 1. The van der Waals surface area contributed by atoms with Crippen LogP contribution < -0.4 is 5.11 Å². The summed E-state index contributed by atoms with van der Waals surface area (Å²) in [6.45, 7) is 4.71. The van der Waals surface area contributed by atoms with Gasteiger partial charge in [0.25, 0.3) is 0 Å². The largest absolute Gasteiger partial charge is 0.548 e. The maximum atomic E-state index is 12.6. The minimum absolute atomic E-state index is 0.0148. The summed E-state index contributed by atoms with van der Waals surface area (Å²) in [6, 6.07) is 7.76. The summed E-state index contributed by atoms with van der Waals surface area (Å²) in [5, 5.41) is 11.2. The lowest BCUT2D eigenvalue weighted by Crippen LogP contribution is -2.55. The second kappa shape index (κ2) is 8.20. The predicted octanol–water partition coefficient (Wildman–Crippen LogP) is 0.691. The zero-order valence-electron chi connectivity index (χ0n) is 15.6. The number of hydrogen-bond donors (Lipinski definition) is 0. The molecule has 1 atom stereocenters. The number of likely N-dealkylation sites (tertiary alicyclic amines) is 1. The van der Waals surface area contributed by atoms with Gasteiger partial charge in [0, 0.05) is 12.0 Å². The maximum Gasteiger partial charge on any atom is 0.411 e. The van der Waals surface area contributed by atoms with Gasteiger partial charge in [-0.25, -0.2) is 4.79 Å². The van der Waals surface area contributed by atoms with Gasteiger partial charge >= 0.3 is 6.09 Å². The first-order chi connectivity index (χ1) is 12.6. The molecule has 1 heterocycles. The Morgan fingerprint density at radius 2 is 1.85 bits per heavy atom. The second-order valence-electron chi connectivity index (χ2n) is 7.33. The smallest absolute Gasteiger partial charge is 0.411 e. The fourth-order valence-electron chi connectivity index (χ4n) is 2.80. The molecule has 0 radical (unpaired) electrons. The minimum Gasteiger partial charge on any atom is -0.548 e. The molecule has 0 N–H and O–H groups in total. The van der Waals surface area contributed by atoms with Crippen molar-refractivity contribution in [2.24, 2.45) is 0 Å². The third-order valence-electron chi connectivity index (χ3n) is 4.28.